The summed E-state index contributed by atoms with van der Waals surface area (Å²) in [5, 5.41) is 6.78. The Morgan fingerprint density at radius 1 is 1.05 bits per heavy atom. The highest BCUT2D eigenvalue weighted by molar-refractivity contribution is 6.00. The van der Waals surface area contributed by atoms with Crippen LogP contribution in [0.5, 0.6) is 5.75 Å². The van der Waals surface area contributed by atoms with Crippen molar-refractivity contribution in [3.63, 3.8) is 0 Å². The summed E-state index contributed by atoms with van der Waals surface area (Å²) in [6.45, 7) is 1.56. The van der Waals surface area contributed by atoms with E-state index < -0.39 is 18.2 Å². The van der Waals surface area contributed by atoms with E-state index >= 15 is 0 Å². The molecule has 2 aromatic carbocycles. The Morgan fingerprint density at radius 3 is 2.55 bits per heavy atom. The minimum Gasteiger partial charge on any atom is -0.420 e. The van der Waals surface area contributed by atoms with Crippen LogP contribution in [0.4, 0.5) is 13.2 Å². The number of nitrogens with one attached hydrogen (secondary N) is 3. The summed E-state index contributed by atoms with van der Waals surface area (Å²) < 4.78 is 42.3. The molecule has 1 aromatic heterocycles. The van der Waals surface area contributed by atoms with Gasteiger partial charge in [0.2, 0.25) is 5.91 Å². The van der Waals surface area contributed by atoms with Crippen LogP contribution in [-0.2, 0) is 20.8 Å². The normalized spacial score (nSPS) is 13.8. The van der Waals surface area contributed by atoms with Gasteiger partial charge < -0.3 is 19.8 Å². The van der Waals surface area contributed by atoms with Crippen LogP contribution in [0.1, 0.15) is 50.2 Å². The minimum atomic E-state index is -5.12. The van der Waals surface area contributed by atoms with E-state index in [1.165, 1.54) is 18.2 Å². The Balaban J connectivity index is 1.43. The van der Waals surface area contributed by atoms with E-state index in [4.69, 9.17) is 0 Å². The summed E-state index contributed by atoms with van der Waals surface area (Å²) in [5.41, 5.74) is 2.87. The summed E-state index contributed by atoms with van der Waals surface area (Å²) >= 11 is 0. The Hall–Kier alpha value is -4.41. The van der Waals surface area contributed by atoms with Gasteiger partial charge in [0.15, 0.2) is 11.9 Å². The number of hydrogen-bond acceptors (Lipinski definition) is 6. The maximum atomic E-state index is 13.1. The number of H-pyrrole nitrogens is 1. The minimum absolute atomic E-state index is 0.0657. The molecule has 209 valence electrons. The molecular formula is C29H29F3N4O4+. The molecule has 8 nitrogen and oxygen atoms in total. The van der Waals surface area contributed by atoms with Gasteiger partial charge in [0.05, 0.1) is 6.42 Å². The first-order valence-corrected chi connectivity index (χ1v) is 12.9. The van der Waals surface area contributed by atoms with E-state index in [0.29, 0.717) is 35.1 Å². The Bertz CT molecular complexity index is 1440. The zero-order valence-electron chi connectivity index (χ0n) is 21.8. The van der Waals surface area contributed by atoms with Gasteiger partial charge in [0.1, 0.15) is 17.6 Å². The number of aromatic nitrogens is 1. The first kappa shape index (κ1) is 28.6. The molecule has 0 fully saturated rings. The van der Waals surface area contributed by atoms with Crippen molar-refractivity contribution in [1.29, 1.82) is 0 Å². The number of carbonyl (C=O) groups excluding carboxylic acids is 3. The number of hydrogen-bond donors (Lipinski definition) is 3. The lowest BCUT2D eigenvalue weighted by Crippen LogP contribution is -2.47. The van der Waals surface area contributed by atoms with Crippen LogP contribution in [0.2, 0.25) is 0 Å². The van der Waals surface area contributed by atoms with Gasteiger partial charge in [-0.1, -0.05) is 43.2 Å². The van der Waals surface area contributed by atoms with Gasteiger partial charge in [0, 0.05) is 29.1 Å². The van der Waals surface area contributed by atoms with Crippen molar-refractivity contribution in [2.75, 3.05) is 0 Å². The topological polar surface area (TPSA) is 114 Å². The van der Waals surface area contributed by atoms with E-state index in [0.717, 1.165) is 30.5 Å². The molecule has 3 aromatic rings. The summed E-state index contributed by atoms with van der Waals surface area (Å²) in [7, 11) is 0. The standard InChI is InChI=1S/C29H29F3N4O4/c1-18(37)8-4-2-7-11-24(27-34-17-25(36-27)19-9-5-3-6-10-19)35-26(38)14-20-16-33-23-13-12-21(15-22(20)23)40-28(39)29(30,31)32/h3,5-6,9-10,12-13,15-17,24,33,36H,2,4,7-8,11,14H2,1H3,(H,35,38)/q+1/t24-/m0/s1. The number of amides is 1. The third-order valence-electron chi connectivity index (χ3n) is 6.40. The zero-order valence-corrected chi connectivity index (χ0v) is 21.8. The SMILES string of the molecule is CC(=O)CCCCC[C@H](NC(=O)Cc1c[nH]c2ccc(OC(=O)C(F)(F)F)cc12)C1=[N+]C=C(c2ccccc2)N1. The number of aromatic amines is 1. The molecule has 11 heteroatoms. The number of amidine groups is 1. The number of carbonyl (C=O) groups is 3. The van der Waals surface area contributed by atoms with Crippen LogP contribution in [0.15, 0.2) is 60.9 Å². The quantitative estimate of drug-likeness (QED) is 0.173. The lowest BCUT2D eigenvalue weighted by atomic mass is 10.0. The molecule has 1 aliphatic heterocycles. The molecule has 40 heavy (non-hydrogen) atoms. The second kappa shape index (κ2) is 12.6. The van der Waals surface area contributed by atoms with Gasteiger partial charge in [-0.25, -0.2) is 10.1 Å². The second-order valence-corrected chi connectivity index (χ2v) is 9.55. The summed E-state index contributed by atoms with van der Waals surface area (Å²) in [6, 6.07) is 13.2. The fourth-order valence-electron chi connectivity index (χ4n) is 4.41. The molecule has 0 saturated carbocycles. The molecule has 1 aliphatic rings. The molecule has 4 rings (SSSR count). The average Bonchev–Trinajstić information content (AvgIpc) is 3.55. The largest absolute Gasteiger partial charge is 0.491 e. The number of aliphatic imine (C=N–C) groups is 1. The van der Waals surface area contributed by atoms with Crippen molar-refractivity contribution in [3.05, 3.63) is 72.1 Å². The molecule has 1 atom stereocenters. The monoisotopic (exact) mass is 554 g/mol. The molecule has 1 amide bonds. The number of benzene rings is 2. The molecule has 0 spiro atoms. The Kier molecular flexibility index (Phi) is 9.03. The lowest BCUT2D eigenvalue weighted by Gasteiger charge is -2.15. The molecule has 0 aliphatic carbocycles. The maximum absolute atomic E-state index is 13.1. The van der Waals surface area contributed by atoms with Crippen LogP contribution < -0.4 is 20.4 Å². The highest BCUT2D eigenvalue weighted by Crippen LogP contribution is 2.26. The number of unbranched alkanes of at least 4 members (excludes halogenated alkanes) is 2. The molecule has 2 heterocycles. The molecule has 3 N–H and O–H groups in total. The van der Waals surface area contributed by atoms with Gasteiger partial charge in [-0.2, -0.15) is 13.2 Å². The Morgan fingerprint density at radius 2 is 1.82 bits per heavy atom. The zero-order chi connectivity index (χ0) is 28.7. The third-order valence-corrected chi connectivity index (χ3v) is 6.40. The second-order valence-electron chi connectivity index (χ2n) is 9.55. The number of halogens is 3. The lowest BCUT2D eigenvalue weighted by molar-refractivity contribution is -0.189. The molecular weight excluding hydrogens is 525 g/mol. The third kappa shape index (κ3) is 7.58. The van der Waals surface area contributed by atoms with E-state index in [-0.39, 0.29) is 23.9 Å². The summed E-state index contributed by atoms with van der Waals surface area (Å²) in [6.07, 6.45) is 1.57. The number of ketones is 1. The predicted octanol–water partition coefficient (Wildman–Crippen LogP) is 4.54. The van der Waals surface area contributed by atoms with Crippen LogP contribution in [0.25, 0.3) is 16.6 Å². The molecule has 1 radical (unpaired) electrons. The number of rotatable bonds is 12. The van der Waals surface area contributed by atoms with Gasteiger partial charge in [-0.05, 0) is 48.5 Å². The van der Waals surface area contributed by atoms with E-state index in [1.54, 1.807) is 19.3 Å². The summed E-state index contributed by atoms with van der Waals surface area (Å²) in [4.78, 5) is 43.1. The number of ether oxygens (including phenoxy) is 1. The number of esters is 1. The van der Waals surface area contributed by atoms with Crippen molar-refractivity contribution < 1.29 is 32.3 Å². The van der Waals surface area contributed by atoms with Crippen molar-refractivity contribution in [2.45, 2.75) is 57.7 Å². The number of nitrogens with zero attached hydrogens (tertiary/aromatic N) is 1. The maximum Gasteiger partial charge on any atom is 0.491 e. The van der Waals surface area contributed by atoms with Gasteiger partial charge in [0.25, 0.3) is 0 Å². The van der Waals surface area contributed by atoms with Gasteiger partial charge >= 0.3 is 18.0 Å². The van der Waals surface area contributed by atoms with Crippen molar-refractivity contribution >= 4 is 40.1 Å². The van der Waals surface area contributed by atoms with E-state index in [1.807, 2.05) is 30.3 Å². The number of fused-ring (bicyclic) bond motifs is 1. The highest BCUT2D eigenvalue weighted by Gasteiger charge is 2.41. The fourth-order valence-corrected chi connectivity index (χ4v) is 4.41. The van der Waals surface area contributed by atoms with E-state index in [9.17, 15) is 27.6 Å². The van der Waals surface area contributed by atoms with Crippen LogP contribution in [-0.4, -0.2) is 40.7 Å². The molecule has 0 unspecified atom stereocenters. The average molecular weight is 555 g/mol. The fraction of sp³-hybridized carbons (Fsp3) is 0.310. The van der Waals surface area contributed by atoms with Gasteiger partial charge in [-0.3, -0.25) is 4.79 Å². The first-order valence-electron chi connectivity index (χ1n) is 12.9. The molecule has 0 saturated heterocycles. The van der Waals surface area contributed by atoms with Crippen LogP contribution in [0, 0.1) is 0 Å². The van der Waals surface area contributed by atoms with Gasteiger partial charge in [-0.15, -0.1) is 0 Å². The van der Waals surface area contributed by atoms with E-state index in [2.05, 4.69) is 25.3 Å². The van der Waals surface area contributed by atoms with Crippen LogP contribution in [0.3, 0.4) is 0 Å². The number of Topliss-reactive ketones (excluding diaryl/α,β-unsaturated/α-hetero) is 1. The van der Waals surface area contributed by atoms with Crippen LogP contribution >= 0.6 is 0 Å². The Labute approximate surface area is 228 Å². The highest BCUT2D eigenvalue weighted by atomic mass is 19.4. The van der Waals surface area contributed by atoms with Crippen molar-refractivity contribution in [3.8, 4) is 5.75 Å². The first-order chi connectivity index (χ1) is 19.1. The summed E-state index contributed by atoms with van der Waals surface area (Å²) in [5.74, 6) is -2.17. The van der Waals surface area contributed by atoms with Crippen molar-refractivity contribution in [1.82, 2.24) is 20.6 Å². The molecule has 0 bridgehead atoms. The smallest absolute Gasteiger partial charge is 0.420 e. The number of alkyl halides is 3. The predicted molar refractivity (Wildman–Crippen MR) is 144 cm³/mol. The van der Waals surface area contributed by atoms with Crippen molar-refractivity contribution in [2.24, 2.45) is 0 Å².